The van der Waals surface area contributed by atoms with Crippen molar-refractivity contribution in [3.05, 3.63) is 59.4 Å². The summed E-state index contributed by atoms with van der Waals surface area (Å²) in [6.07, 6.45) is 11.7. The van der Waals surface area contributed by atoms with Gasteiger partial charge in [0, 0.05) is 30.4 Å². The van der Waals surface area contributed by atoms with E-state index in [0.717, 1.165) is 36.4 Å². The molecule has 1 amide bonds. The van der Waals surface area contributed by atoms with Crippen LogP contribution in [0.3, 0.4) is 0 Å². The van der Waals surface area contributed by atoms with Crippen LogP contribution in [0.4, 0.5) is 0 Å². The number of carbonyl (C=O) groups is 1. The largest absolute Gasteiger partial charge is 0.486 e. The molecule has 0 saturated heterocycles. The summed E-state index contributed by atoms with van der Waals surface area (Å²) < 4.78 is 11.7. The second-order valence-electron chi connectivity index (χ2n) is 8.33. The maximum atomic E-state index is 13.2. The first kappa shape index (κ1) is 18.2. The lowest BCUT2D eigenvalue weighted by atomic mass is 9.71. The van der Waals surface area contributed by atoms with E-state index in [1.54, 1.807) is 18.5 Å². The van der Waals surface area contributed by atoms with Gasteiger partial charge in [0.15, 0.2) is 11.5 Å². The highest BCUT2D eigenvalue weighted by Crippen LogP contribution is 2.51. The second kappa shape index (κ2) is 7.21. The molecule has 1 fully saturated rings. The monoisotopic (exact) mass is 390 g/mol. The van der Waals surface area contributed by atoms with Crippen molar-refractivity contribution in [3.8, 4) is 11.5 Å². The molecule has 3 heterocycles. The average molecular weight is 390 g/mol. The van der Waals surface area contributed by atoms with Crippen LogP contribution in [0.25, 0.3) is 6.08 Å². The molecule has 1 atom stereocenters. The van der Waals surface area contributed by atoms with Crippen molar-refractivity contribution in [1.29, 1.82) is 0 Å². The average Bonchev–Trinajstić information content (AvgIpc) is 3.24. The van der Waals surface area contributed by atoms with Gasteiger partial charge in [-0.25, -0.2) is 0 Å². The number of hydrogen-bond acceptors (Lipinski definition) is 4. The fourth-order valence-corrected chi connectivity index (χ4v) is 5.11. The number of ether oxygens (including phenoxy) is 2. The molecule has 1 aromatic heterocycles. The molecule has 0 N–H and O–H groups in total. The van der Waals surface area contributed by atoms with Crippen LogP contribution in [0, 0.1) is 0 Å². The van der Waals surface area contributed by atoms with E-state index in [1.165, 1.54) is 24.0 Å². The number of carbonyl (C=O) groups excluding carboxylic acids is 1. The Labute approximate surface area is 171 Å². The summed E-state index contributed by atoms with van der Waals surface area (Å²) in [5.41, 5.74) is 3.56. The van der Waals surface area contributed by atoms with Crippen molar-refractivity contribution in [1.82, 2.24) is 9.88 Å². The lowest BCUT2D eigenvalue weighted by Crippen LogP contribution is -2.48. The summed E-state index contributed by atoms with van der Waals surface area (Å²) in [4.78, 5) is 19.2. The Morgan fingerprint density at radius 3 is 2.55 bits per heavy atom. The van der Waals surface area contributed by atoms with E-state index in [1.807, 2.05) is 23.1 Å². The highest BCUT2D eigenvalue weighted by Gasteiger charge is 2.46. The van der Waals surface area contributed by atoms with Crippen molar-refractivity contribution in [2.75, 3.05) is 19.8 Å². The smallest absolute Gasteiger partial charge is 0.247 e. The molecule has 1 aromatic carbocycles. The van der Waals surface area contributed by atoms with Crippen LogP contribution in [0.1, 0.15) is 55.3 Å². The summed E-state index contributed by atoms with van der Waals surface area (Å²) in [6.45, 7) is 4.05. The Morgan fingerprint density at radius 2 is 1.83 bits per heavy atom. The minimum Gasteiger partial charge on any atom is -0.486 e. The van der Waals surface area contributed by atoms with Crippen molar-refractivity contribution >= 4 is 12.0 Å². The Morgan fingerprint density at radius 1 is 1.14 bits per heavy atom. The molecule has 5 nitrogen and oxygen atoms in total. The number of benzene rings is 1. The fraction of sp³-hybridized carbons (Fsp3) is 0.417. The second-order valence-corrected chi connectivity index (χ2v) is 8.33. The summed E-state index contributed by atoms with van der Waals surface area (Å²) >= 11 is 0. The first-order valence-electron chi connectivity index (χ1n) is 10.5. The maximum absolute atomic E-state index is 13.2. The fourth-order valence-electron chi connectivity index (χ4n) is 5.11. The predicted octanol–water partition coefficient (Wildman–Crippen LogP) is 4.28. The highest BCUT2D eigenvalue weighted by molar-refractivity contribution is 5.92. The van der Waals surface area contributed by atoms with Gasteiger partial charge in [0.1, 0.15) is 13.2 Å². The molecule has 1 aliphatic carbocycles. The first-order valence-corrected chi connectivity index (χ1v) is 10.5. The number of hydrogen-bond donors (Lipinski definition) is 0. The number of fused-ring (bicyclic) bond motifs is 3. The van der Waals surface area contributed by atoms with E-state index in [9.17, 15) is 4.79 Å². The van der Waals surface area contributed by atoms with Gasteiger partial charge in [-0.3, -0.25) is 9.78 Å². The Hall–Kier alpha value is -2.82. The molecular formula is C24H26N2O3. The van der Waals surface area contributed by atoms with Crippen molar-refractivity contribution in [2.24, 2.45) is 0 Å². The molecule has 29 heavy (non-hydrogen) atoms. The van der Waals surface area contributed by atoms with Crippen LogP contribution < -0.4 is 9.47 Å². The maximum Gasteiger partial charge on any atom is 0.247 e. The van der Waals surface area contributed by atoms with Gasteiger partial charge in [0.05, 0.1) is 6.04 Å². The van der Waals surface area contributed by atoms with E-state index >= 15 is 0 Å². The Bertz CT molecular complexity index is 948. The van der Waals surface area contributed by atoms with Crippen LogP contribution in [-0.4, -0.2) is 35.5 Å². The highest BCUT2D eigenvalue weighted by atomic mass is 16.6. The first-order chi connectivity index (χ1) is 14.2. The zero-order chi connectivity index (χ0) is 19.8. The van der Waals surface area contributed by atoms with Gasteiger partial charge >= 0.3 is 0 Å². The SMILES string of the molecule is CC1c2cc3c(cc2C2(CCCC2)CN1C(=O)/C=C/c1ccncc1)OCCO3. The number of rotatable bonds is 2. The molecule has 0 radical (unpaired) electrons. The van der Waals surface area contributed by atoms with Gasteiger partial charge in [-0.2, -0.15) is 0 Å². The molecule has 1 spiro atoms. The third-order valence-electron chi connectivity index (χ3n) is 6.64. The molecule has 150 valence electrons. The van der Waals surface area contributed by atoms with Crippen LogP contribution in [0.2, 0.25) is 0 Å². The summed E-state index contributed by atoms with van der Waals surface area (Å²) in [6, 6.07) is 8.12. The van der Waals surface area contributed by atoms with Crippen molar-refractivity contribution in [3.63, 3.8) is 0 Å². The lowest BCUT2D eigenvalue weighted by molar-refractivity contribution is -0.129. The molecule has 0 bridgehead atoms. The van der Waals surface area contributed by atoms with E-state index in [2.05, 4.69) is 24.0 Å². The molecule has 1 unspecified atom stereocenters. The molecule has 5 heteroatoms. The standard InChI is InChI=1S/C24H26N2O3/c1-17-19-14-21-22(29-13-12-28-21)15-20(19)24(8-2-3-9-24)16-26(17)23(27)5-4-18-6-10-25-11-7-18/h4-7,10-11,14-15,17H,2-3,8-9,12-13,16H2,1H3/b5-4+. The molecule has 3 aliphatic rings. The number of amides is 1. The quantitative estimate of drug-likeness (QED) is 0.718. The molecule has 2 aromatic rings. The predicted molar refractivity (Wildman–Crippen MR) is 111 cm³/mol. The van der Waals surface area contributed by atoms with Gasteiger partial charge in [-0.1, -0.05) is 12.8 Å². The normalized spacial score (nSPS) is 22.1. The van der Waals surface area contributed by atoms with Crippen LogP contribution in [-0.2, 0) is 10.2 Å². The van der Waals surface area contributed by atoms with E-state index in [4.69, 9.17) is 9.47 Å². The summed E-state index contributed by atoms with van der Waals surface area (Å²) in [5.74, 6) is 1.71. The van der Waals surface area contributed by atoms with Crippen LogP contribution in [0.15, 0.2) is 42.7 Å². The van der Waals surface area contributed by atoms with E-state index in [-0.39, 0.29) is 17.4 Å². The molecule has 5 rings (SSSR count). The van der Waals surface area contributed by atoms with Crippen LogP contribution in [0.5, 0.6) is 11.5 Å². The zero-order valence-electron chi connectivity index (χ0n) is 16.8. The van der Waals surface area contributed by atoms with Gasteiger partial charge < -0.3 is 14.4 Å². The zero-order valence-corrected chi connectivity index (χ0v) is 16.8. The van der Waals surface area contributed by atoms with Gasteiger partial charge in [-0.15, -0.1) is 0 Å². The van der Waals surface area contributed by atoms with Crippen molar-refractivity contribution < 1.29 is 14.3 Å². The number of aromatic nitrogens is 1. The minimum absolute atomic E-state index is 0.00152. The summed E-state index contributed by atoms with van der Waals surface area (Å²) in [5, 5.41) is 0. The van der Waals surface area contributed by atoms with E-state index < -0.39 is 0 Å². The lowest BCUT2D eigenvalue weighted by Gasteiger charge is -2.46. The van der Waals surface area contributed by atoms with E-state index in [0.29, 0.717) is 13.2 Å². The Balaban J connectivity index is 1.51. The van der Waals surface area contributed by atoms with Gasteiger partial charge in [-0.05, 0) is 66.8 Å². The molecule has 2 aliphatic heterocycles. The third kappa shape index (κ3) is 3.18. The molecular weight excluding hydrogens is 364 g/mol. The number of pyridine rings is 1. The Kier molecular flexibility index (Phi) is 4.53. The van der Waals surface area contributed by atoms with Gasteiger partial charge in [0.25, 0.3) is 0 Å². The number of nitrogens with zero attached hydrogens (tertiary/aromatic N) is 2. The molecule has 1 saturated carbocycles. The minimum atomic E-state index is 0.00152. The summed E-state index contributed by atoms with van der Waals surface area (Å²) in [7, 11) is 0. The van der Waals surface area contributed by atoms with Gasteiger partial charge in [0.2, 0.25) is 5.91 Å². The van der Waals surface area contributed by atoms with Crippen LogP contribution >= 0.6 is 0 Å². The van der Waals surface area contributed by atoms with Crippen molar-refractivity contribution in [2.45, 2.75) is 44.1 Å². The topological polar surface area (TPSA) is 51.7 Å². The third-order valence-corrected chi connectivity index (χ3v) is 6.64.